The highest BCUT2D eigenvalue weighted by molar-refractivity contribution is 5.82. The fourth-order valence-electron chi connectivity index (χ4n) is 2.73. The zero-order chi connectivity index (χ0) is 12.3. The number of nitrogens with one attached hydrogen (secondary N) is 2. The van der Waals surface area contributed by atoms with E-state index in [9.17, 15) is 4.79 Å². The molecule has 2 heterocycles. The Kier molecular flexibility index (Phi) is 4.05. The van der Waals surface area contributed by atoms with E-state index >= 15 is 0 Å². The van der Waals surface area contributed by atoms with Gasteiger partial charge in [0.1, 0.15) is 0 Å². The lowest BCUT2D eigenvalue weighted by Gasteiger charge is -2.30. The van der Waals surface area contributed by atoms with Gasteiger partial charge in [-0.1, -0.05) is 0 Å². The third kappa shape index (κ3) is 3.19. The van der Waals surface area contributed by atoms with Crippen LogP contribution in [-0.2, 0) is 4.79 Å². The van der Waals surface area contributed by atoms with Crippen molar-refractivity contribution in [1.82, 2.24) is 15.5 Å². The average Bonchev–Trinajstić information content (AvgIpc) is 2.76. The molecule has 0 spiro atoms. The summed E-state index contributed by atoms with van der Waals surface area (Å²) in [5, 5.41) is 6.42. The lowest BCUT2D eigenvalue weighted by molar-refractivity contribution is -0.129. The van der Waals surface area contributed by atoms with E-state index in [0.29, 0.717) is 5.92 Å². The van der Waals surface area contributed by atoms with Gasteiger partial charge in [0.05, 0.1) is 5.41 Å². The molecule has 2 saturated heterocycles. The first kappa shape index (κ1) is 12.8. The molecule has 4 heteroatoms. The molecule has 1 unspecified atom stereocenters. The predicted molar refractivity (Wildman–Crippen MR) is 68.8 cm³/mol. The molecule has 4 nitrogen and oxygen atoms in total. The van der Waals surface area contributed by atoms with Crippen LogP contribution in [0.2, 0.25) is 0 Å². The Balaban J connectivity index is 1.72. The molecule has 0 radical (unpaired) electrons. The molecule has 2 N–H and O–H groups in total. The van der Waals surface area contributed by atoms with Crippen molar-refractivity contribution in [3.8, 4) is 0 Å². The molecular weight excluding hydrogens is 214 g/mol. The number of rotatable bonds is 3. The van der Waals surface area contributed by atoms with Gasteiger partial charge in [0.2, 0.25) is 5.91 Å². The maximum Gasteiger partial charge on any atom is 0.227 e. The summed E-state index contributed by atoms with van der Waals surface area (Å²) < 4.78 is 0. The van der Waals surface area contributed by atoms with Gasteiger partial charge in [0, 0.05) is 13.1 Å². The first-order chi connectivity index (χ1) is 8.10. The fraction of sp³-hybridized carbons (Fsp3) is 0.923. The summed E-state index contributed by atoms with van der Waals surface area (Å²) in [6, 6.07) is 0. The Morgan fingerprint density at radius 3 is 2.76 bits per heavy atom. The van der Waals surface area contributed by atoms with Gasteiger partial charge in [-0.15, -0.1) is 0 Å². The third-order valence-corrected chi connectivity index (χ3v) is 4.31. The van der Waals surface area contributed by atoms with Crippen molar-refractivity contribution in [2.24, 2.45) is 11.3 Å². The molecule has 1 atom stereocenters. The van der Waals surface area contributed by atoms with Crippen LogP contribution in [0.15, 0.2) is 0 Å². The number of hydrogen-bond donors (Lipinski definition) is 2. The second kappa shape index (κ2) is 5.36. The summed E-state index contributed by atoms with van der Waals surface area (Å²) in [7, 11) is 2.17. The van der Waals surface area contributed by atoms with E-state index in [4.69, 9.17) is 0 Å². The van der Waals surface area contributed by atoms with Crippen molar-refractivity contribution >= 4 is 5.91 Å². The molecule has 98 valence electrons. The maximum absolute atomic E-state index is 12.1. The Hall–Kier alpha value is -0.610. The highest BCUT2D eigenvalue weighted by Gasteiger charge is 2.36. The number of amides is 1. The van der Waals surface area contributed by atoms with Crippen LogP contribution in [0.1, 0.15) is 26.2 Å². The first-order valence-corrected chi connectivity index (χ1v) is 6.78. The molecule has 0 bridgehead atoms. The molecule has 0 aromatic heterocycles. The second-order valence-electron chi connectivity index (χ2n) is 5.94. The van der Waals surface area contributed by atoms with Crippen molar-refractivity contribution in [2.45, 2.75) is 26.2 Å². The third-order valence-electron chi connectivity index (χ3n) is 4.31. The maximum atomic E-state index is 12.1. The number of hydrogen-bond acceptors (Lipinski definition) is 3. The van der Waals surface area contributed by atoms with Crippen LogP contribution in [0.3, 0.4) is 0 Å². The van der Waals surface area contributed by atoms with E-state index in [0.717, 1.165) is 26.1 Å². The molecule has 2 aliphatic rings. The van der Waals surface area contributed by atoms with Crippen LogP contribution in [0.5, 0.6) is 0 Å². The highest BCUT2D eigenvalue weighted by Crippen LogP contribution is 2.24. The quantitative estimate of drug-likeness (QED) is 0.751. The number of piperidine rings is 1. The lowest BCUT2D eigenvalue weighted by atomic mass is 9.88. The SMILES string of the molecule is CN1CCC(CNC(=O)C2(C)CCNC2)CC1. The van der Waals surface area contributed by atoms with E-state index in [1.807, 2.05) is 0 Å². The van der Waals surface area contributed by atoms with Gasteiger partial charge in [-0.05, 0) is 58.8 Å². The zero-order valence-corrected chi connectivity index (χ0v) is 11.1. The van der Waals surface area contributed by atoms with Crippen molar-refractivity contribution in [2.75, 3.05) is 39.8 Å². The van der Waals surface area contributed by atoms with Crippen LogP contribution in [0.25, 0.3) is 0 Å². The van der Waals surface area contributed by atoms with E-state index in [2.05, 4.69) is 29.5 Å². The van der Waals surface area contributed by atoms with Crippen molar-refractivity contribution in [3.63, 3.8) is 0 Å². The average molecular weight is 239 g/mol. The van der Waals surface area contributed by atoms with E-state index in [-0.39, 0.29) is 11.3 Å². The van der Waals surface area contributed by atoms with Gasteiger partial charge in [-0.25, -0.2) is 0 Å². The molecule has 17 heavy (non-hydrogen) atoms. The summed E-state index contributed by atoms with van der Waals surface area (Å²) in [6.45, 7) is 7.06. The van der Waals surface area contributed by atoms with Gasteiger partial charge < -0.3 is 15.5 Å². The Labute approximate surface area is 104 Å². The molecule has 2 rings (SSSR count). The normalized spacial score (nSPS) is 31.6. The summed E-state index contributed by atoms with van der Waals surface area (Å²) in [6.07, 6.45) is 3.39. The molecule has 2 aliphatic heterocycles. The highest BCUT2D eigenvalue weighted by atomic mass is 16.2. The minimum absolute atomic E-state index is 0.175. The van der Waals surface area contributed by atoms with Gasteiger partial charge >= 0.3 is 0 Å². The number of carbonyl (C=O) groups is 1. The lowest BCUT2D eigenvalue weighted by Crippen LogP contribution is -2.43. The smallest absolute Gasteiger partial charge is 0.227 e. The first-order valence-electron chi connectivity index (χ1n) is 6.78. The Morgan fingerprint density at radius 1 is 1.47 bits per heavy atom. The summed E-state index contributed by atoms with van der Waals surface area (Å²) in [5.74, 6) is 0.912. The van der Waals surface area contributed by atoms with Gasteiger partial charge in [-0.3, -0.25) is 4.79 Å². The summed E-state index contributed by atoms with van der Waals surface area (Å²) >= 11 is 0. The van der Waals surface area contributed by atoms with E-state index in [1.165, 1.54) is 25.9 Å². The minimum Gasteiger partial charge on any atom is -0.355 e. The Morgan fingerprint density at radius 2 is 2.18 bits per heavy atom. The van der Waals surface area contributed by atoms with Crippen molar-refractivity contribution < 1.29 is 4.79 Å². The van der Waals surface area contributed by atoms with Crippen molar-refractivity contribution in [1.29, 1.82) is 0 Å². The summed E-state index contributed by atoms with van der Waals surface area (Å²) in [4.78, 5) is 14.5. The molecule has 2 fully saturated rings. The minimum atomic E-state index is -0.175. The van der Waals surface area contributed by atoms with Gasteiger partial charge in [0.15, 0.2) is 0 Å². The van der Waals surface area contributed by atoms with Gasteiger partial charge in [0.25, 0.3) is 0 Å². The number of carbonyl (C=O) groups excluding carboxylic acids is 1. The fourth-order valence-corrected chi connectivity index (χ4v) is 2.73. The van der Waals surface area contributed by atoms with Crippen LogP contribution in [-0.4, -0.2) is 50.6 Å². The molecule has 0 aliphatic carbocycles. The molecule has 0 saturated carbocycles. The van der Waals surface area contributed by atoms with Crippen molar-refractivity contribution in [3.05, 3.63) is 0 Å². The van der Waals surface area contributed by atoms with Crippen LogP contribution < -0.4 is 10.6 Å². The van der Waals surface area contributed by atoms with Gasteiger partial charge in [-0.2, -0.15) is 0 Å². The predicted octanol–water partition coefficient (Wildman–Crippen LogP) is 0.444. The standard InChI is InChI=1S/C13H25N3O/c1-13(5-6-14-10-13)12(17)15-9-11-3-7-16(2)8-4-11/h11,14H,3-10H2,1-2H3,(H,15,17). The van der Waals surface area contributed by atoms with E-state index < -0.39 is 0 Å². The summed E-state index contributed by atoms with van der Waals surface area (Å²) in [5.41, 5.74) is -0.175. The van der Waals surface area contributed by atoms with Crippen LogP contribution in [0.4, 0.5) is 0 Å². The number of likely N-dealkylation sites (tertiary alicyclic amines) is 1. The second-order valence-corrected chi connectivity index (χ2v) is 5.94. The number of nitrogens with zero attached hydrogens (tertiary/aromatic N) is 1. The van der Waals surface area contributed by atoms with Crippen LogP contribution >= 0.6 is 0 Å². The zero-order valence-electron chi connectivity index (χ0n) is 11.1. The molecule has 1 amide bonds. The largest absolute Gasteiger partial charge is 0.355 e. The monoisotopic (exact) mass is 239 g/mol. The topological polar surface area (TPSA) is 44.4 Å². The molecule has 0 aromatic carbocycles. The van der Waals surface area contributed by atoms with E-state index in [1.54, 1.807) is 0 Å². The van der Waals surface area contributed by atoms with Crippen LogP contribution in [0, 0.1) is 11.3 Å². The Bertz CT molecular complexity index is 266. The molecular formula is C13H25N3O. The molecule has 0 aromatic rings.